The number of carbonyl (C=O) groups is 1. The minimum atomic E-state index is -0.673. The minimum Gasteiger partial charge on any atom is -0.468 e. The summed E-state index contributed by atoms with van der Waals surface area (Å²) in [5.74, 6) is 1.35. The van der Waals surface area contributed by atoms with Crippen LogP contribution in [0.5, 0.6) is 0 Å². The Balaban J connectivity index is 1.74. The molecule has 8 heteroatoms. The molecule has 116 valence electrons. The van der Waals surface area contributed by atoms with E-state index in [2.05, 4.69) is 9.97 Å². The Morgan fingerprint density at radius 1 is 1.32 bits per heavy atom. The predicted octanol–water partition coefficient (Wildman–Crippen LogP) is 0.977. The normalized spacial score (nSPS) is 18.9. The van der Waals surface area contributed by atoms with Gasteiger partial charge in [0, 0.05) is 24.9 Å². The van der Waals surface area contributed by atoms with Gasteiger partial charge in [-0.1, -0.05) is 0 Å². The van der Waals surface area contributed by atoms with Gasteiger partial charge in [-0.25, -0.2) is 4.79 Å². The average Bonchev–Trinajstić information content (AvgIpc) is 2.90. The largest absolute Gasteiger partial charge is 0.468 e. The summed E-state index contributed by atoms with van der Waals surface area (Å²) in [5.41, 5.74) is -1.23. The van der Waals surface area contributed by atoms with Gasteiger partial charge < -0.3 is 14.3 Å². The van der Waals surface area contributed by atoms with Crippen LogP contribution in [0.25, 0.3) is 0 Å². The first-order chi connectivity index (χ1) is 10.6. The second-order valence-electron chi connectivity index (χ2n) is 4.96. The number of H-pyrrole nitrogens is 2. The third-order valence-electron chi connectivity index (χ3n) is 3.48. The van der Waals surface area contributed by atoms with Gasteiger partial charge in [-0.05, 0) is 18.6 Å². The highest BCUT2D eigenvalue weighted by Crippen LogP contribution is 2.34. The average molecular weight is 321 g/mol. The van der Waals surface area contributed by atoms with E-state index in [0.717, 1.165) is 24.0 Å². The van der Waals surface area contributed by atoms with Crippen molar-refractivity contribution in [3.05, 3.63) is 56.8 Å². The third kappa shape index (κ3) is 3.16. The van der Waals surface area contributed by atoms with Crippen molar-refractivity contribution in [3.63, 3.8) is 0 Å². The molecule has 2 aromatic heterocycles. The number of aromatic amines is 2. The van der Waals surface area contributed by atoms with E-state index < -0.39 is 11.2 Å². The second kappa shape index (κ2) is 6.27. The van der Waals surface area contributed by atoms with Crippen LogP contribution in [-0.2, 0) is 0 Å². The van der Waals surface area contributed by atoms with Crippen molar-refractivity contribution in [2.45, 2.75) is 11.7 Å². The molecular formula is C14H15N3O4S. The minimum absolute atomic E-state index is 0.0233. The fourth-order valence-electron chi connectivity index (χ4n) is 2.43. The maximum absolute atomic E-state index is 12.4. The fraction of sp³-hybridized carbons (Fsp3) is 0.357. The van der Waals surface area contributed by atoms with Crippen LogP contribution < -0.4 is 11.2 Å². The molecule has 0 radical (unpaired) electrons. The fourth-order valence-corrected chi connectivity index (χ4v) is 3.61. The van der Waals surface area contributed by atoms with E-state index >= 15 is 0 Å². The number of nitrogens with one attached hydrogen (secondary N) is 2. The van der Waals surface area contributed by atoms with E-state index in [1.807, 2.05) is 12.1 Å². The molecule has 22 heavy (non-hydrogen) atoms. The number of hydrogen-bond acceptors (Lipinski definition) is 5. The summed E-state index contributed by atoms with van der Waals surface area (Å²) in [5, 5.41) is 0.214. The van der Waals surface area contributed by atoms with E-state index in [-0.39, 0.29) is 16.9 Å². The molecule has 0 spiro atoms. The van der Waals surface area contributed by atoms with Crippen molar-refractivity contribution in [3.8, 4) is 0 Å². The summed E-state index contributed by atoms with van der Waals surface area (Å²) in [6, 6.07) is 4.90. The van der Waals surface area contributed by atoms with Gasteiger partial charge in [-0.2, -0.15) is 0 Å². The van der Waals surface area contributed by atoms with Gasteiger partial charge in [0.1, 0.15) is 11.5 Å². The molecule has 1 atom stereocenters. The van der Waals surface area contributed by atoms with Crippen LogP contribution in [0.15, 0.2) is 38.5 Å². The lowest BCUT2D eigenvalue weighted by atomic mass is 10.2. The third-order valence-corrected chi connectivity index (χ3v) is 4.77. The zero-order valence-corrected chi connectivity index (χ0v) is 12.5. The number of amides is 1. The van der Waals surface area contributed by atoms with Gasteiger partial charge in [-0.15, -0.1) is 11.8 Å². The van der Waals surface area contributed by atoms with Crippen molar-refractivity contribution in [2.24, 2.45) is 0 Å². The standard InChI is InChI=1S/C14H15N3O4S/c18-12-8-9(15-14(20)16-12)13(19)17-4-3-11(22-7-5-17)10-2-1-6-21-10/h1-2,6,8,11H,3-5,7H2,(H2,15,16,18,20). The maximum Gasteiger partial charge on any atom is 0.326 e. The second-order valence-corrected chi connectivity index (χ2v) is 6.27. The van der Waals surface area contributed by atoms with E-state index in [0.29, 0.717) is 13.1 Å². The van der Waals surface area contributed by atoms with Crippen LogP contribution in [0.4, 0.5) is 0 Å². The van der Waals surface area contributed by atoms with Gasteiger partial charge in [-0.3, -0.25) is 14.6 Å². The van der Waals surface area contributed by atoms with Gasteiger partial charge in [0.15, 0.2) is 0 Å². The Labute approximate surface area is 129 Å². The van der Waals surface area contributed by atoms with Gasteiger partial charge in [0.25, 0.3) is 11.5 Å². The number of nitrogens with zero attached hydrogens (tertiary/aromatic N) is 1. The molecule has 2 aromatic rings. The molecule has 1 fully saturated rings. The van der Waals surface area contributed by atoms with E-state index in [4.69, 9.17) is 4.42 Å². The van der Waals surface area contributed by atoms with Gasteiger partial charge in [0.05, 0.1) is 11.5 Å². The monoisotopic (exact) mass is 321 g/mol. The molecule has 3 rings (SSSR count). The Kier molecular flexibility index (Phi) is 4.19. The molecule has 0 aromatic carbocycles. The van der Waals surface area contributed by atoms with Crippen molar-refractivity contribution < 1.29 is 9.21 Å². The molecule has 0 saturated carbocycles. The van der Waals surface area contributed by atoms with E-state index in [1.165, 1.54) is 0 Å². The van der Waals surface area contributed by atoms with Crippen LogP contribution in [-0.4, -0.2) is 39.6 Å². The summed E-state index contributed by atoms with van der Waals surface area (Å²) in [7, 11) is 0. The zero-order chi connectivity index (χ0) is 15.5. The molecule has 1 aliphatic rings. The lowest BCUT2D eigenvalue weighted by molar-refractivity contribution is 0.0759. The highest BCUT2D eigenvalue weighted by molar-refractivity contribution is 7.99. The Bertz CT molecular complexity index is 737. The predicted molar refractivity (Wildman–Crippen MR) is 82.1 cm³/mol. The molecular weight excluding hydrogens is 306 g/mol. The first-order valence-electron chi connectivity index (χ1n) is 6.91. The Morgan fingerprint density at radius 2 is 2.18 bits per heavy atom. The van der Waals surface area contributed by atoms with Crippen LogP contribution in [0, 0.1) is 0 Å². The Morgan fingerprint density at radius 3 is 2.91 bits per heavy atom. The smallest absolute Gasteiger partial charge is 0.326 e. The number of carbonyl (C=O) groups excluding carboxylic acids is 1. The molecule has 1 unspecified atom stereocenters. The lowest BCUT2D eigenvalue weighted by Crippen LogP contribution is -2.36. The maximum atomic E-state index is 12.4. The molecule has 0 aliphatic carbocycles. The topological polar surface area (TPSA) is 99.2 Å². The highest BCUT2D eigenvalue weighted by Gasteiger charge is 2.24. The summed E-state index contributed by atoms with van der Waals surface area (Å²) < 4.78 is 5.42. The van der Waals surface area contributed by atoms with Crippen LogP contribution in [0.2, 0.25) is 0 Å². The Hall–Kier alpha value is -2.22. The highest BCUT2D eigenvalue weighted by atomic mass is 32.2. The van der Waals surface area contributed by atoms with Gasteiger partial charge >= 0.3 is 5.69 Å². The summed E-state index contributed by atoms with van der Waals surface area (Å²) >= 11 is 1.74. The van der Waals surface area contributed by atoms with Crippen LogP contribution in [0.3, 0.4) is 0 Å². The molecule has 3 heterocycles. The number of hydrogen-bond donors (Lipinski definition) is 2. The first-order valence-corrected chi connectivity index (χ1v) is 7.96. The molecule has 7 nitrogen and oxygen atoms in total. The summed E-state index contributed by atoms with van der Waals surface area (Å²) in [4.78, 5) is 41.1. The SMILES string of the molecule is O=C(c1cc(=O)[nH]c(=O)[nH]1)N1CCSC(c2ccco2)CC1. The molecule has 1 aliphatic heterocycles. The number of aromatic nitrogens is 2. The quantitative estimate of drug-likeness (QED) is 0.859. The molecule has 1 saturated heterocycles. The number of furan rings is 1. The van der Waals surface area contributed by atoms with Crippen LogP contribution in [0.1, 0.15) is 27.9 Å². The number of rotatable bonds is 2. The lowest BCUT2D eigenvalue weighted by Gasteiger charge is -2.19. The number of thioether (sulfide) groups is 1. The summed E-state index contributed by atoms with van der Waals surface area (Å²) in [6.07, 6.45) is 2.40. The van der Waals surface area contributed by atoms with E-state index in [1.54, 1.807) is 22.9 Å². The van der Waals surface area contributed by atoms with Crippen molar-refractivity contribution in [2.75, 3.05) is 18.8 Å². The molecule has 1 amide bonds. The van der Waals surface area contributed by atoms with Crippen molar-refractivity contribution in [1.82, 2.24) is 14.9 Å². The van der Waals surface area contributed by atoms with Crippen LogP contribution >= 0.6 is 11.8 Å². The zero-order valence-electron chi connectivity index (χ0n) is 11.7. The first kappa shape index (κ1) is 14.7. The molecule has 2 N–H and O–H groups in total. The summed E-state index contributed by atoms with van der Waals surface area (Å²) in [6.45, 7) is 1.11. The van der Waals surface area contributed by atoms with Gasteiger partial charge in [0.2, 0.25) is 0 Å². The van der Waals surface area contributed by atoms with Crippen molar-refractivity contribution in [1.29, 1.82) is 0 Å². The van der Waals surface area contributed by atoms with E-state index in [9.17, 15) is 14.4 Å². The van der Waals surface area contributed by atoms with Crippen molar-refractivity contribution >= 4 is 17.7 Å². The molecule has 0 bridgehead atoms.